The number of carbonyl (C=O) groups is 2. The Morgan fingerprint density at radius 1 is 1.19 bits per heavy atom. The van der Waals surface area contributed by atoms with Crippen molar-refractivity contribution in [3.63, 3.8) is 0 Å². The maximum absolute atomic E-state index is 12.4. The number of nitrogens with one attached hydrogen (secondary N) is 3. The minimum absolute atomic E-state index is 0.0466. The number of rotatable bonds is 5. The van der Waals surface area contributed by atoms with Gasteiger partial charge < -0.3 is 21.5 Å². The number of nitrogen functional groups attached to an aromatic ring is 1. The Hall–Kier alpha value is -3.35. The van der Waals surface area contributed by atoms with Gasteiger partial charge in [0.2, 0.25) is 0 Å². The van der Waals surface area contributed by atoms with Crippen LogP contribution in [0.3, 0.4) is 0 Å². The molecule has 140 valence electrons. The van der Waals surface area contributed by atoms with Crippen molar-refractivity contribution in [3.05, 3.63) is 59.2 Å². The van der Waals surface area contributed by atoms with Crippen molar-refractivity contribution in [2.45, 2.75) is 31.7 Å². The molecule has 2 aromatic carbocycles. The summed E-state index contributed by atoms with van der Waals surface area (Å²) in [4.78, 5) is 23.5. The van der Waals surface area contributed by atoms with E-state index in [1.807, 2.05) is 18.2 Å². The topological polar surface area (TPSA) is 128 Å². The van der Waals surface area contributed by atoms with Crippen molar-refractivity contribution < 1.29 is 14.7 Å². The molecule has 6 N–H and O–H groups in total. The molecule has 3 rings (SSSR count). The monoisotopic (exact) mass is 366 g/mol. The average Bonchev–Trinajstić information content (AvgIpc) is 2.82. The summed E-state index contributed by atoms with van der Waals surface area (Å²) in [6.07, 6.45) is 2.66. The number of amides is 1. The van der Waals surface area contributed by atoms with E-state index in [-0.39, 0.29) is 24.2 Å². The molecule has 27 heavy (non-hydrogen) atoms. The van der Waals surface area contributed by atoms with Crippen LogP contribution < -0.4 is 16.4 Å². The molecule has 1 atom stereocenters. The number of nitrogens with two attached hydrogens (primary N) is 1. The SMILES string of the molecule is N=C(N)c1ccc(C(=O)Nc2ccc3c(c2)N[C@@H](CC(=O)O)CCC3)cc1. The molecular formula is C20H22N4O3. The Morgan fingerprint density at radius 2 is 1.89 bits per heavy atom. The van der Waals surface area contributed by atoms with Crippen molar-refractivity contribution in [3.8, 4) is 0 Å². The molecule has 0 aliphatic carbocycles. The van der Waals surface area contributed by atoms with Gasteiger partial charge >= 0.3 is 5.97 Å². The van der Waals surface area contributed by atoms with Crippen LogP contribution >= 0.6 is 0 Å². The van der Waals surface area contributed by atoms with Gasteiger partial charge in [-0.15, -0.1) is 0 Å². The molecule has 1 aliphatic heterocycles. The van der Waals surface area contributed by atoms with E-state index in [1.54, 1.807) is 24.3 Å². The first-order valence-corrected chi connectivity index (χ1v) is 8.79. The second-order valence-corrected chi connectivity index (χ2v) is 6.65. The highest BCUT2D eigenvalue weighted by atomic mass is 16.4. The van der Waals surface area contributed by atoms with Crippen molar-refractivity contribution in [2.24, 2.45) is 5.73 Å². The lowest BCUT2D eigenvalue weighted by molar-refractivity contribution is -0.137. The number of carboxylic acid groups (broad SMARTS) is 1. The van der Waals surface area contributed by atoms with E-state index in [1.165, 1.54) is 0 Å². The number of benzene rings is 2. The fourth-order valence-corrected chi connectivity index (χ4v) is 3.21. The second-order valence-electron chi connectivity index (χ2n) is 6.65. The normalized spacial score (nSPS) is 15.8. The second kappa shape index (κ2) is 7.90. The van der Waals surface area contributed by atoms with Crippen LogP contribution in [0.25, 0.3) is 0 Å². The van der Waals surface area contributed by atoms with Crippen molar-refractivity contribution >= 4 is 29.1 Å². The van der Waals surface area contributed by atoms with Crippen LogP contribution in [0.2, 0.25) is 0 Å². The van der Waals surface area contributed by atoms with E-state index in [0.717, 1.165) is 30.5 Å². The summed E-state index contributed by atoms with van der Waals surface area (Å²) in [6.45, 7) is 0. The van der Waals surface area contributed by atoms with Crippen LogP contribution in [0.5, 0.6) is 0 Å². The van der Waals surface area contributed by atoms with Gasteiger partial charge in [0.1, 0.15) is 5.84 Å². The van der Waals surface area contributed by atoms with Crippen LogP contribution in [0.4, 0.5) is 11.4 Å². The molecule has 0 aromatic heterocycles. The van der Waals surface area contributed by atoms with Crippen LogP contribution in [0.15, 0.2) is 42.5 Å². The predicted octanol–water partition coefficient (Wildman–Crippen LogP) is 2.81. The third-order valence-corrected chi connectivity index (χ3v) is 4.61. The summed E-state index contributed by atoms with van der Waals surface area (Å²) in [5, 5.41) is 22.6. The van der Waals surface area contributed by atoms with Gasteiger partial charge in [0, 0.05) is 28.5 Å². The number of fused-ring (bicyclic) bond motifs is 1. The van der Waals surface area contributed by atoms with Gasteiger partial charge in [0.05, 0.1) is 6.42 Å². The predicted molar refractivity (Wildman–Crippen MR) is 104 cm³/mol. The van der Waals surface area contributed by atoms with E-state index in [4.69, 9.17) is 16.2 Å². The molecule has 1 aliphatic rings. The number of aliphatic carboxylic acids is 1. The number of hydrogen-bond acceptors (Lipinski definition) is 4. The first-order chi connectivity index (χ1) is 12.9. The van der Waals surface area contributed by atoms with E-state index < -0.39 is 5.97 Å². The van der Waals surface area contributed by atoms with Gasteiger partial charge in [0.25, 0.3) is 5.91 Å². The summed E-state index contributed by atoms with van der Waals surface area (Å²) >= 11 is 0. The van der Waals surface area contributed by atoms with E-state index in [0.29, 0.717) is 16.8 Å². The number of aryl methyl sites for hydroxylation is 1. The number of anilines is 2. The van der Waals surface area contributed by atoms with E-state index in [9.17, 15) is 9.59 Å². The molecule has 7 nitrogen and oxygen atoms in total. The molecule has 0 saturated carbocycles. The molecule has 0 saturated heterocycles. The van der Waals surface area contributed by atoms with Crippen LogP contribution in [0.1, 0.15) is 40.7 Å². The quantitative estimate of drug-likeness (QED) is 0.410. The molecule has 0 spiro atoms. The largest absolute Gasteiger partial charge is 0.481 e. The van der Waals surface area contributed by atoms with Gasteiger partial charge in [-0.25, -0.2) is 0 Å². The summed E-state index contributed by atoms with van der Waals surface area (Å²) in [5.41, 5.74) is 9.06. The fourth-order valence-electron chi connectivity index (χ4n) is 3.21. The molecule has 0 unspecified atom stereocenters. The zero-order valence-corrected chi connectivity index (χ0v) is 14.8. The number of hydrogen-bond donors (Lipinski definition) is 5. The van der Waals surface area contributed by atoms with E-state index in [2.05, 4.69) is 10.6 Å². The minimum atomic E-state index is -0.825. The third-order valence-electron chi connectivity index (χ3n) is 4.61. The lowest BCUT2D eigenvalue weighted by Gasteiger charge is -2.17. The number of carboxylic acids is 1. The summed E-state index contributed by atoms with van der Waals surface area (Å²) < 4.78 is 0. The molecule has 1 amide bonds. The lowest BCUT2D eigenvalue weighted by atomic mass is 10.1. The summed E-state index contributed by atoms with van der Waals surface area (Å²) in [7, 11) is 0. The molecule has 1 heterocycles. The molecule has 2 aromatic rings. The lowest BCUT2D eigenvalue weighted by Crippen LogP contribution is -2.22. The van der Waals surface area contributed by atoms with Crippen LogP contribution in [0, 0.1) is 5.41 Å². The summed E-state index contributed by atoms with van der Waals surface area (Å²) in [5.74, 6) is -1.13. The Kier molecular flexibility index (Phi) is 5.40. The maximum atomic E-state index is 12.4. The zero-order valence-electron chi connectivity index (χ0n) is 14.8. The fraction of sp³-hybridized carbons (Fsp3) is 0.250. The Balaban J connectivity index is 1.74. The maximum Gasteiger partial charge on any atom is 0.305 e. The first kappa shape index (κ1) is 18.4. The Labute approximate surface area is 157 Å². The summed E-state index contributed by atoms with van der Waals surface area (Å²) in [6, 6.07) is 12.0. The highest BCUT2D eigenvalue weighted by Gasteiger charge is 2.19. The highest BCUT2D eigenvalue weighted by molar-refractivity contribution is 6.05. The minimum Gasteiger partial charge on any atom is -0.481 e. The van der Waals surface area contributed by atoms with Crippen molar-refractivity contribution in [1.82, 2.24) is 0 Å². The van der Waals surface area contributed by atoms with Crippen LogP contribution in [-0.4, -0.2) is 28.9 Å². The number of amidine groups is 1. The highest BCUT2D eigenvalue weighted by Crippen LogP contribution is 2.28. The van der Waals surface area contributed by atoms with Gasteiger partial charge in [-0.1, -0.05) is 18.2 Å². The Morgan fingerprint density at radius 3 is 2.56 bits per heavy atom. The first-order valence-electron chi connectivity index (χ1n) is 8.79. The van der Waals surface area contributed by atoms with Gasteiger partial charge in [-0.3, -0.25) is 15.0 Å². The molecule has 0 bridgehead atoms. The third kappa shape index (κ3) is 4.63. The number of carbonyl (C=O) groups excluding carboxylic acids is 1. The van der Waals surface area contributed by atoms with Gasteiger partial charge in [-0.05, 0) is 49.1 Å². The smallest absolute Gasteiger partial charge is 0.305 e. The van der Waals surface area contributed by atoms with Gasteiger partial charge in [-0.2, -0.15) is 0 Å². The van der Waals surface area contributed by atoms with Gasteiger partial charge in [0.15, 0.2) is 0 Å². The van der Waals surface area contributed by atoms with Crippen molar-refractivity contribution in [1.29, 1.82) is 5.41 Å². The standard InChI is InChI=1S/C20H22N4O3/c21-19(22)13-4-6-14(7-5-13)20(27)24-16-9-8-12-2-1-3-15(11-18(25)26)23-17(12)10-16/h4-10,15,23H,1-3,11H2,(H3,21,22)(H,24,27)(H,25,26)/t15-/m1/s1. The van der Waals surface area contributed by atoms with E-state index >= 15 is 0 Å². The molecule has 0 radical (unpaired) electrons. The molecule has 7 heteroatoms. The van der Waals surface area contributed by atoms with Crippen molar-refractivity contribution in [2.75, 3.05) is 10.6 Å². The molecular weight excluding hydrogens is 344 g/mol. The average molecular weight is 366 g/mol. The van der Waals surface area contributed by atoms with Crippen LogP contribution in [-0.2, 0) is 11.2 Å². The zero-order chi connectivity index (χ0) is 19.4. The Bertz CT molecular complexity index is 877. The molecule has 0 fully saturated rings.